The first-order chi connectivity index (χ1) is 10.7. The molecular weight excluding hydrogens is 281 g/mol. The molecule has 1 aromatic carbocycles. The Hall–Kier alpha value is -2.50. The summed E-state index contributed by atoms with van der Waals surface area (Å²) < 4.78 is 14.9. The molecule has 0 amide bonds. The molecule has 1 atom stereocenters. The average molecular weight is 297 g/mol. The maximum Gasteiger partial charge on any atom is 0.163 e. The van der Waals surface area contributed by atoms with Crippen LogP contribution in [0.5, 0.6) is 0 Å². The summed E-state index contributed by atoms with van der Waals surface area (Å²) in [6.45, 7) is 0.934. The third-order valence-corrected chi connectivity index (χ3v) is 4.29. The van der Waals surface area contributed by atoms with Crippen LogP contribution in [0.15, 0.2) is 36.8 Å². The maximum absolute atomic E-state index is 13.2. The van der Waals surface area contributed by atoms with Crippen LogP contribution in [0.4, 0.5) is 10.2 Å². The van der Waals surface area contributed by atoms with Crippen LogP contribution in [0, 0.1) is 5.82 Å². The average Bonchev–Trinajstić information content (AvgIpc) is 3.15. The van der Waals surface area contributed by atoms with E-state index in [1.165, 1.54) is 12.1 Å². The van der Waals surface area contributed by atoms with Crippen molar-refractivity contribution in [3.8, 4) is 0 Å². The lowest BCUT2D eigenvalue weighted by atomic mass is 10.0. The van der Waals surface area contributed by atoms with Crippen molar-refractivity contribution in [2.75, 3.05) is 11.4 Å². The number of nitrogens with zero attached hydrogens (tertiary/aromatic N) is 5. The smallest absolute Gasteiger partial charge is 0.163 e. The van der Waals surface area contributed by atoms with Gasteiger partial charge in [-0.1, -0.05) is 12.1 Å². The molecule has 0 N–H and O–H groups in total. The SMILES string of the molecule is Cn1ncc2c(N3CCCC3c3ccc(F)cc3)ncnc21. The predicted molar refractivity (Wildman–Crippen MR) is 82.0 cm³/mol. The van der Waals surface area contributed by atoms with Crippen LogP contribution in [0.1, 0.15) is 24.4 Å². The van der Waals surface area contributed by atoms with Crippen molar-refractivity contribution in [1.82, 2.24) is 19.7 Å². The van der Waals surface area contributed by atoms with Crippen LogP contribution in [-0.4, -0.2) is 26.3 Å². The molecule has 1 aliphatic rings. The normalized spacial score (nSPS) is 18.3. The van der Waals surface area contributed by atoms with Gasteiger partial charge in [-0.2, -0.15) is 5.10 Å². The number of fused-ring (bicyclic) bond motifs is 1. The second-order valence-electron chi connectivity index (χ2n) is 5.61. The Bertz CT molecular complexity index is 811. The Labute approximate surface area is 127 Å². The zero-order valence-electron chi connectivity index (χ0n) is 12.3. The molecular formula is C16H16FN5. The number of anilines is 1. The lowest BCUT2D eigenvalue weighted by Gasteiger charge is -2.26. The molecule has 0 radical (unpaired) electrons. The van der Waals surface area contributed by atoms with E-state index < -0.39 is 0 Å². The molecule has 3 aromatic rings. The number of hydrogen-bond acceptors (Lipinski definition) is 4. The van der Waals surface area contributed by atoms with Crippen LogP contribution in [0.3, 0.4) is 0 Å². The summed E-state index contributed by atoms with van der Waals surface area (Å²) in [5.74, 6) is 0.704. The minimum atomic E-state index is -0.204. The van der Waals surface area contributed by atoms with Crippen molar-refractivity contribution in [2.24, 2.45) is 7.05 Å². The fraction of sp³-hybridized carbons (Fsp3) is 0.312. The molecule has 1 fully saturated rings. The zero-order valence-corrected chi connectivity index (χ0v) is 12.3. The van der Waals surface area contributed by atoms with Crippen molar-refractivity contribution in [3.63, 3.8) is 0 Å². The van der Waals surface area contributed by atoms with E-state index in [0.717, 1.165) is 41.8 Å². The fourth-order valence-corrected chi connectivity index (χ4v) is 3.23. The third kappa shape index (κ3) is 2.03. The van der Waals surface area contributed by atoms with Crippen LogP contribution in [0.25, 0.3) is 11.0 Å². The lowest BCUT2D eigenvalue weighted by Crippen LogP contribution is -2.23. The Kier molecular flexibility index (Phi) is 3.03. The topological polar surface area (TPSA) is 46.8 Å². The maximum atomic E-state index is 13.2. The minimum Gasteiger partial charge on any atom is -0.349 e. The number of aryl methyl sites for hydroxylation is 1. The highest BCUT2D eigenvalue weighted by molar-refractivity contribution is 5.87. The lowest BCUT2D eigenvalue weighted by molar-refractivity contribution is 0.624. The van der Waals surface area contributed by atoms with Gasteiger partial charge in [-0.15, -0.1) is 0 Å². The van der Waals surface area contributed by atoms with E-state index in [-0.39, 0.29) is 11.9 Å². The quantitative estimate of drug-likeness (QED) is 0.730. The van der Waals surface area contributed by atoms with Gasteiger partial charge in [0.1, 0.15) is 18.0 Å². The van der Waals surface area contributed by atoms with Gasteiger partial charge in [0.2, 0.25) is 0 Å². The molecule has 2 aromatic heterocycles. The molecule has 1 saturated heterocycles. The van der Waals surface area contributed by atoms with Gasteiger partial charge in [-0.3, -0.25) is 4.68 Å². The van der Waals surface area contributed by atoms with Gasteiger partial charge in [0.25, 0.3) is 0 Å². The van der Waals surface area contributed by atoms with Gasteiger partial charge in [-0.05, 0) is 30.5 Å². The molecule has 0 saturated carbocycles. The van der Waals surface area contributed by atoms with Crippen molar-refractivity contribution >= 4 is 16.9 Å². The standard InChI is InChI=1S/C16H16FN5/c1-21-15-13(9-20-21)16(19-10-18-15)22-8-2-3-14(22)11-4-6-12(17)7-5-11/h4-7,9-10,14H,2-3,8H2,1H3. The van der Waals surface area contributed by atoms with E-state index in [4.69, 9.17) is 0 Å². The molecule has 112 valence electrons. The zero-order chi connectivity index (χ0) is 15.1. The number of benzene rings is 1. The number of aromatic nitrogens is 4. The van der Waals surface area contributed by atoms with E-state index >= 15 is 0 Å². The molecule has 1 unspecified atom stereocenters. The van der Waals surface area contributed by atoms with E-state index in [1.54, 1.807) is 11.0 Å². The second-order valence-corrected chi connectivity index (χ2v) is 5.61. The van der Waals surface area contributed by atoms with E-state index in [2.05, 4.69) is 20.0 Å². The highest BCUT2D eigenvalue weighted by Gasteiger charge is 2.28. The molecule has 22 heavy (non-hydrogen) atoms. The Morgan fingerprint density at radius 3 is 2.82 bits per heavy atom. The van der Waals surface area contributed by atoms with Crippen molar-refractivity contribution in [1.29, 1.82) is 0 Å². The Morgan fingerprint density at radius 1 is 1.18 bits per heavy atom. The van der Waals surface area contributed by atoms with Crippen LogP contribution < -0.4 is 4.90 Å². The first kappa shape index (κ1) is 13.2. The first-order valence-electron chi connectivity index (χ1n) is 7.39. The Morgan fingerprint density at radius 2 is 2.00 bits per heavy atom. The molecule has 0 spiro atoms. The van der Waals surface area contributed by atoms with Crippen LogP contribution >= 0.6 is 0 Å². The number of halogens is 1. The number of hydrogen-bond donors (Lipinski definition) is 0. The van der Waals surface area contributed by atoms with Gasteiger partial charge < -0.3 is 4.90 Å². The van der Waals surface area contributed by atoms with Gasteiger partial charge in [0, 0.05) is 13.6 Å². The summed E-state index contributed by atoms with van der Waals surface area (Å²) in [5, 5.41) is 5.23. The highest BCUT2D eigenvalue weighted by atomic mass is 19.1. The van der Waals surface area contributed by atoms with Gasteiger partial charge >= 0.3 is 0 Å². The number of rotatable bonds is 2. The second kappa shape index (κ2) is 5.05. The summed E-state index contributed by atoms with van der Waals surface area (Å²) in [6.07, 6.45) is 5.52. The van der Waals surface area contributed by atoms with E-state index in [1.807, 2.05) is 25.4 Å². The largest absolute Gasteiger partial charge is 0.349 e. The monoisotopic (exact) mass is 297 g/mol. The highest BCUT2D eigenvalue weighted by Crippen LogP contribution is 2.37. The van der Waals surface area contributed by atoms with Crippen LogP contribution in [-0.2, 0) is 7.05 Å². The van der Waals surface area contributed by atoms with Crippen molar-refractivity contribution in [2.45, 2.75) is 18.9 Å². The van der Waals surface area contributed by atoms with Crippen molar-refractivity contribution < 1.29 is 4.39 Å². The van der Waals surface area contributed by atoms with Crippen molar-refractivity contribution in [3.05, 3.63) is 48.2 Å². The minimum absolute atomic E-state index is 0.204. The van der Waals surface area contributed by atoms with Gasteiger partial charge in [0.05, 0.1) is 17.6 Å². The molecule has 0 bridgehead atoms. The molecule has 5 nitrogen and oxygen atoms in total. The first-order valence-corrected chi connectivity index (χ1v) is 7.39. The third-order valence-electron chi connectivity index (χ3n) is 4.29. The summed E-state index contributed by atoms with van der Waals surface area (Å²) in [6, 6.07) is 6.98. The molecule has 0 aliphatic carbocycles. The Balaban J connectivity index is 1.78. The molecule has 3 heterocycles. The predicted octanol–water partition coefficient (Wildman–Crippen LogP) is 2.84. The van der Waals surface area contributed by atoms with E-state index in [0.29, 0.717) is 0 Å². The summed E-state index contributed by atoms with van der Waals surface area (Å²) in [5.41, 5.74) is 1.95. The van der Waals surface area contributed by atoms with E-state index in [9.17, 15) is 4.39 Å². The van der Waals surface area contributed by atoms with Gasteiger partial charge in [0.15, 0.2) is 5.65 Å². The molecule has 4 rings (SSSR count). The summed E-state index contributed by atoms with van der Waals surface area (Å²) in [4.78, 5) is 11.1. The van der Waals surface area contributed by atoms with Crippen LogP contribution in [0.2, 0.25) is 0 Å². The fourth-order valence-electron chi connectivity index (χ4n) is 3.23. The van der Waals surface area contributed by atoms with Gasteiger partial charge in [-0.25, -0.2) is 14.4 Å². The summed E-state index contributed by atoms with van der Waals surface area (Å²) in [7, 11) is 1.88. The summed E-state index contributed by atoms with van der Waals surface area (Å²) >= 11 is 0. The molecule has 6 heteroatoms. The molecule has 1 aliphatic heterocycles.